The monoisotopic (exact) mass is 300 g/mol. The lowest BCUT2D eigenvalue weighted by Crippen LogP contribution is -1.88. The van der Waals surface area contributed by atoms with Crippen molar-refractivity contribution in [2.45, 2.75) is 6.43 Å². The molecule has 23 heavy (non-hydrogen) atoms. The van der Waals surface area contributed by atoms with Gasteiger partial charge in [0.25, 0.3) is 6.43 Å². The Morgan fingerprint density at radius 2 is 0.957 bits per heavy atom. The van der Waals surface area contributed by atoms with E-state index in [0.717, 1.165) is 26.9 Å². The summed E-state index contributed by atoms with van der Waals surface area (Å²) in [6.07, 6.45) is -2.46. The zero-order chi connectivity index (χ0) is 15.3. The molecule has 108 valence electrons. The molecule has 6 rings (SSSR count). The predicted molar refractivity (Wildman–Crippen MR) is 92.5 cm³/mol. The highest BCUT2D eigenvalue weighted by Gasteiger charge is 2.23. The highest BCUT2D eigenvalue weighted by molar-refractivity contribution is 6.44. The molecule has 0 unspecified atom stereocenters. The molecule has 0 aliphatic carbocycles. The molecule has 0 nitrogen and oxygen atoms in total. The van der Waals surface area contributed by atoms with Gasteiger partial charge in [0.15, 0.2) is 0 Å². The van der Waals surface area contributed by atoms with Crippen LogP contribution in [0, 0.1) is 0 Å². The molecule has 0 heterocycles. The molecule has 2 heteroatoms. The normalized spacial score (nSPS) is 13.2. The Balaban J connectivity index is 2.13. The highest BCUT2D eigenvalue weighted by Crippen LogP contribution is 2.49. The van der Waals surface area contributed by atoms with Crippen LogP contribution in [0.25, 0.3) is 53.9 Å². The van der Waals surface area contributed by atoms with E-state index >= 15 is 0 Å². The summed E-state index contributed by atoms with van der Waals surface area (Å²) < 4.78 is 27.2. The summed E-state index contributed by atoms with van der Waals surface area (Å²) in [5.74, 6) is 0. The van der Waals surface area contributed by atoms with E-state index in [0.29, 0.717) is 5.39 Å². The second kappa shape index (κ2) is 3.60. The maximum absolute atomic E-state index is 13.6. The first-order valence-electron chi connectivity index (χ1n) is 7.70. The minimum atomic E-state index is -2.46. The van der Waals surface area contributed by atoms with Crippen LogP contribution < -0.4 is 0 Å². The fourth-order valence-electron chi connectivity index (χ4n) is 4.38. The molecule has 0 saturated carbocycles. The molecule has 0 fully saturated rings. The molecular weight excluding hydrogens is 290 g/mol. The van der Waals surface area contributed by atoms with Gasteiger partial charge in [-0.05, 0) is 59.9 Å². The lowest BCUT2D eigenvalue weighted by molar-refractivity contribution is 0.153. The minimum absolute atomic E-state index is 0.138. The Hall–Kier alpha value is -2.74. The largest absolute Gasteiger partial charge is 0.264 e. The van der Waals surface area contributed by atoms with Crippen LogP contribution in [0.5, 0.6) is 0 Å². The van der Waals surface area contributed by atoms with E-state index in [1.807, 2.05) is 24.3 Å². The summed E-state index contributed by atoms with van der Waals surface area (Å²) in [7, 11) is 0. The van der Waals surface area contributed by atoms with Crippen LogP contribution in [-0.2, 0) is 0 Å². The molecular formula is C21H10F2. The summed E-state index contributed by atoms with van der Waals surface area (Å²) in [5, 5.41) is 10.8. The van der Waals surface area contributed by atoms with Crippen molar-refractivity contribution in [1.29, 1.82) is 0 Å². The third-order valence-corrected chi connectivity index (χ3v) is 5.29. The van der Waals surface area contributed by atoms with Gasteiger partial charge in [0.1, 0.15) is 0 Å². The fourth-order valence-corrected chi connectivity index (χ4v) is 4.38. The quantitative estimate of drug-likeness (QED) is 0.296. The van der Waals surface area contributed by atoms with Crippen LogP contribution in [0.2, 0.25) is 0 Å². The Bertz CT molecular complexity index is 1290. The van der Waals surface area contributed by atoms with Gasteiger partial charge in [0.2, 0.25) is 0 Å². The highest BCUT2D eigenvalue weighted by atomic mass is 19.3. The van der Waals surface area contributed by atoms with Crippen LogP contribution in [-0.4, -0.2) is 0 Å². The van der Waals surface area contributed by atoms with Crippen LogP contribution in [0.4, 0.5) is 8.78 Å². The van der Waals surface area contributed by atoms with Crippen molar-refractivity contribution in [1.82, 2.24) is 0 Å². The first kappa shape index (κ1) is 11.8. The summed E-state index contributed by atoms with van der Waals surface area (Å²) in [5.41, 5.74) is 0.138. The molecule has 0 aromatic heterocycles. The first-order valence-corrected chi connectivity index (χ1v) is 7.70. The topological polar surface area (TPSA) is 0 Å². The third-order valence-electron chi connectivity index (χ3n) is 5.29. The molecule has 0 aliphatic heterocycles. The zero-order valence-electron chi connectivity index (χ0n) is 12.0. The van der Waals surface area contributed by atoms with E-state index in [2.05, 4.69) is 24.3 Å². The van der Waals surface area contributed by atoms with Crippen molar-refractivity contribution in [2.24, 2.45) is 0 Å². The standard InChI is InChI=1S/C21H10F2/c22-21(23)15-9-13-6-5-11-2-1-10-3-4-12-7-8-14(15)20-18(12)16(10)17(11)19(13)20/h1-9,21H. The van der Waals surface area contributed by atoms with Crippen molar-refractivity contribution < 1.29 is 8.78 Å². The number of halogens is 2. The molecule has 6 aromatic carbocycles. The molecule has 0 bridgehead atoms. The van der Waals surface area contributed by atoms with Gasteiger partial charge in [-0.1, -0.05) is 48.5 Å². The Kier molecular flexibility index (Phi) is 1.84. The molecule has 0 spiro atoms. The van der Waals surface area contributed by atoms with Gasteiger partial charge in [-0.2, -0.15) is 0 Å². The molecule has 0 N–H and O–H groups in total. The first-order chi connectivity index (χ1) is 11.2. The maximum Gasteiger partial charge on any atom is 0.264 e. The second-order valence-electron chi connectivity index (χ2n) is 6.34. The molecule has 0 radical (unpaired) electrons. The third kappa shape index (κ3) is 1.20. The summed E-state index contributed by atoms with van der Waals surface area (Å²) >= 11 is 0. The van der Waals surface area contributed by atoms with Gasteiger partial charge < -0.3 is 0 Å². The van der Waals surface area contributed by atoms with Gasteiger partial charge >= 0.3 is 0 Å². The summed E-state index contributed by atoms with van der Waals surface area (Å²) in [6.45, 7) is 0. The van der Waals surface area contributed by atoms with E-state index in [4.69, 9.17) is 0 Å². The minimum Gasteiger partial charge on any atom is -0.205 e. The van der Waals surface area contributed by atoms with Gasteiger partial charge in [-0.25, -0.2) is 8.78 Å². The van der Waals surface area contributed by atoms with E-state index in [1.54, 1.807) is 6.07 Å². The summed E-state index contributed by atoms with van der Waals surface area (Å²) in [6, 6.07) is 18.0. The average Bonchev–Trinajstić information content (AvgIpc) is 2.94. The predicted octanol–water partition coefficient (Wildman–Crippen LogP) is 6.70. The van der Waals surface area contributed by atoms with Crippen molar-refractivity contribution in [3.8, 4) is 0 Å². The summed E-state index contributed by atoms with van der Waals surface area (Å²) in [4.78, 5) is 0. The molecule has 0 atom stereocenters. The average molecular weight is 300 g/mol. The van der Waals surface area contributed by atoms with Crippen LogP contribution in [0.15, 0.2) is 54.6 Å². The van der Waals surface area contributed by atoms with Crippen LogP contribution >= 0.6 is 0 Å². The Labute approximate surface area is 129 Å². The van der Waals surface area contributed by atoms with Crippen molar-refractivity contribution in [3.05, 3.63) is 60.2 Å². The number of hydrogen-bond acceptors (Lipinski definition) is 0. The molecule has 0 amide bonds. The van der Waals surface area contributed by atoms with E-state index in [1.165, 1.54) is 21.5 Å². The number of benzene rings is 5. The molecule has 6 aromatic rings. The molecule has 0 aliphatic rings. The van der Waals surface area contributed by atoms with E-state index in [-0.39, 0.29) is 5.56 Å². The van der Waals surface area contributed by atoms with Crippen LogP contribution in [0.3, 0.4) is 0 Å². The fraction of sp³-hybridized carbons (Fsp3) is 0.0476. The van der Waals surface area contributed by atoms with Crippen molar-refractivity contribution >= 4 is 53.9 Å². The molecule has 0 saturated heterocycles. The Morgan fingerprint density at radius 1 is 0.522 bits per heavy atom. The SMILES string of the molecule is FC(F)c1cc2ccc3ccc4ccc5ccc1c1c5c4c3c21. The maximum atomic E-state index is 13.6. The second-order valence-corrected chi connectivity index (χ2v) is 6.34. The zero-order valence-corrected chi connectivity index (χ0v) is 12.0. The van der Waals surface area contributed by atoms with Gasteiger partial charge in [0.05, 0.1) is 0 Å². The van der Waals surface area contributed by atoms with E-state index in [9.17, 15) is 8.78 Å². The van der Waals surface area contributed by atoms with E-state index < -0.39 is 6.43 Å². The van der Waals surface area contributed by atoms with Crippen molar-refractivity contribution in [3.63, 3.8) is 0 Å². The smallest absolute Gasteiger partial charge is 0.205 e. The van der Waals surface area contributed by atoms with Crippen molar-refractivity contribution in [2.75, 3.05) is 0 Å². The number of hydrogen-bond donors (Lipinski definition) is 0. The number of alkyl halides is 2. The van der Waals surface area contributed by atoms with Crippen LogP contribution in [0.1, 0.15) is 12.0 Å². The number of rotatable bonds is 1. The van der Waals surface area contributed by atoms with Gasteiger partial charge in [-0.3, -0.25) is 0 Å². The lowest BCUT2D eigenvalue weighted by atomic mass is 9.96. The van der Waals surface area contributed by atoms with Gasteiger partial charge in [0, 0.05) is 5.56 Å². The Morgan fingerprint density at radius 3 is 1.52 bits per heavy atom. The van der Waals surface area contributed by atoms with Gasteiger partial charge in [-0.15, -0.1) is 0 Å². The lowest BCUT2D eigenvalue weighted by Gasteiger charge is -2.10.